The monoisotopic (exact) mass is 282 g/mol. The van der Waals surface area contributed by atoms with E-state index in [0.717, 1.165) is 16.6 Å². The maximum absolute atomic E-state index is 12.2. The molecule has 2 rings (SSSR count). The molecule has 0 fully saturated rings. The van der Waals surface area contributed by atoms with Gasteiger partial charge >= 0.3 is 18.9 Å². The van der Waals surface area contributed by atoms with E-state index in [0.29, 0.717) is 5.75 Å². The summed E-state index contributed by atoms with van der Waals surface area (Å²) in [6.45, 7) is 0. The van der Waals surface area contributed by atoms with Crippen molar-refractivity contribution in [3.05, 3.63) is 54.1 Å². The summed E-state index contributed by atoms with van der Waals surface area (Å²) in [5.41, 5.74) is 0.822. The van der Waals surface area contributed by atoms with Crippen molar-refractivity contribution in [3.63, 3.8) is 0 Å². The normalized spacial score (nSPS) is 10.1. The van der Waals surface area contributed by atoms with Crippen LogP contribution in [-0.4, -0.2) is 38.6 Å². The molecule has 0 aliphatic rings. The topological polar surface area (TPSA) is 35.5 Å². The first kappa shape index (κ1) is 16.8. The van der Waals surface area contributed by atoms with Gasteiger partial charge in [0.25, 0.3) is 0 Å². The van der Waals surface area contributed by atoms with Crippen molar-refractivity contribution >= 4 is 38.3 Å². The molecule has 1 unspecified atom stereocenters. The first-order valence-corrected chi connectivity index (χ1v) is 6.83. The molecule has 20 heavy (non-hydrogen) atoms. The van der Waals surface area contributed by atoms with E-state index in [2.05, 4.69) is 0 Å². The van der Waals surface area contributed by atoms with Gasteiger partial charge in [-0.05, 0) is 20.7 Å². The standard InChI is InChI=1S/C15H15O3P.Li.H/c1-17-12-8-9-14(13(10-12)18-2)19-15(16)11-6-4-3-5-7-11;;/h3-10,19H,1-2H3;;. The van der Waals surface area contributed by atoms with E-state index in [9.17, 15) is 4.79 Å². The van der Waals surface area contributed by atoms with Crippen LogP contribution in [-0.2, 0) is 0 Å². The minimum absolute atomic E-state index is 0. The average molecular weight is 282 g/mol. The fraction of sp³-hybridized carbons (Fsp3) is 0.133. The van der Waals surface area contributed by atoms with E-state index in [1.54, 1.807) is 20.3 Å². The second kappa shape index (κ2) is 8.12. The molecule has 0 bridgehead atoms. The molecule has 0 spiro atoms. The minimum atomic E-state index is 0. The number of carbonyl (C=O) groups is 1. The molecular formula is C15H16LiO3P. The quantitative estimate of drug-likeness (QED) is 0.623. The van der Waals surface area contributed by atoms with E-state index >= 15 is 0 Å². The number of benzene rings is 2. The molecule has 2 aromatic rings. The zero-order chi connectivity index (χ0) is 13.7. The summed E-state index contributed by atoms with van der Waals surface area (Å²) in [5, 5.41) is 0.886. The van der Waals surface area contributed by atoms with Gasteiger partial charge in [-0.15, -0.1) is 0 Å². The number of hydrogen-bond donors (Lipinski definition) is 0. The molecule has 3 nitrogen and oxygen atoms in total. The van der Waals surface area contributed by atoms with Crippen LogP contribution >= 0.6 is 8.58 Å². The summed E-state index contributed by atoms with van der Waals surface area (Å²) < 4.78 is 10.4. The van der Waals surface area contributed by atoms with Crippen LogP contribution in [0, 0.1) is 0 Å². The Hall–Kier alpha value is -1.26. The first-order chi connectivity index (χ1) is 9.24. The van der Waals surface area contributed by atoms with E-state index in [1.807, 2.05) is 42.5 Å². The molecule has 0 aromatic heterocycles. The van der Waals surface area contributed by atoms with Gasteiger partial charge in [0, 0.05) is 16.9 Å². The van der Waals surface area contributed by atoms with Gasteiger partial charge in [0.2, 0.25) is 0 Å². The third-order valence-electron chi connectivity index (χ3n) is 2.69. The summed E-state index contributed by atoms with van der Waals surface area (Å²) in [5.74, 6) is 1.40. The van der Waals surface area contributed by atoms with Crippen molar-refractivity contribution < 1.29 is 14.3 Å². The summed E-state index contributed by atoms with van der Waals surface area (Å²) in [4.78, 5) is 12.2. The van der Waals surface area contributed by atoms with Crippen LogP contribution in [0.5, 0.6) is 11.5 Å². The Morgan fingerprint density at radius 3 is 2.30 bits per heavy atom. The fourth-order valence-corrected chi connectivity index (χ4v) is 2.71. The molecule has 0 saturated carbocycles. The molecule has 0 radical (unpaired) electrons. The molecule has 100 valence electrons. The van der Waals surface area contributed by atoms with E-state index in [1.165, 1.54) is 0 Å². The summed E-state index contributed by atoms with van der Waals surface area (Å²) in [6.07, 6.45) is 0. The summed E-state index contributed by atoms with van der Waals surface area (Å²) >= 11 is 0. The van der Waals surface area contributed by atoms with Gasteiger partial charge in [-0.2, -0.15) is 0 Å². The van der Waals surface area contributed by atoms with Crippen LogP contribution in [0.15, 0.2) is 48.5 Å². The van der Waals surface area contributed by atoms with Crippen molar-refractivity contribution in [3.8, 4) is 11.5 Å². The zero-order valence-electron chi connectivity index (χ0n) is 10.8. The molecule has 1 atom stereocenters. The number of rotatable bonds is 5. The molecule has 5 heteroatoms. The van der Waals surface area contributed by atoms with Gasteiger partial charge in [0.1, 0.15) is 11.5 Å². The van der Waals surface area contributed by atoms with Crippen molar-refractivity contribution in [2.75, 3.05) is 14.2 Å². The van der Waals surface area contributed by atoms with Gasteiger partial charge in [-0.25, -0.2) is 0 Å². The van der Waals surface area contributed by atoms with Gasteiger partial charge in [0.05, 0.1) is 14.2 Å². The predicted molar refractivity (Wildman–Crippen MR) is 85.4 cm³/mol. The van der Waals surface area contributed by atoms with Crippen molar-refractivity contribution in [1.82, 2.24) is 0 Å². The van der Waals surface area contributed by atoms with Gasteiger partial charge in [-0.1, -0.05) is 30.3 Å². The van der Waals surface area contributed by atoms with Crippen LogP contribution < -0.4 is 14.8 Å². The number of carbonyl (C=O) groups excluding carboxylic acids is 1. The SMILES string of the molecule is COc1ccc(PC(=O)c2ccccc2)c(OC)c1.[LiH]. The number of hydrogen-bond acceptors (Lipinski definition) is 3. The fourth-order valence-electron chi connectivity index (χ4n) is 1.69. The molecule has 2 aromatic carbocycles. The van der Waals surface area contributed by atoms with Gasteiger partial charge in [0.15, 0.2) is 5.52 Å². The van der Waals surface area contributed by atoms with Crippen LogP contribution in [0.25, 0.3) is 0 Å². The number of ether oxygens (including phenoxy) is 2. The van der Waals surface area contributed by atoms with Crippen LogP contribution in [0.3, 0.4) is 0 Å². The Morgan fingerprint density at radius 1 is 1.00 bits per heavy atom. The Kier molecular flexibility index (Phi) is 6.82. The molecule has 0 amide bonds. The predicted octanol–water partition coefficient (Wildman–Crippen LogP) is 2.20. The van der Waals surface area contributed by atoms with Crippen LogP contribution in [0.2, 0.25) is 0 Å². The Morgan fingerprint density at radius 2 is 1.70 bits per heavy atom. The Balaban J connectivity index is 0.00000200. The summed E-state index contributed by atoms with van der Waals surface area (Å²) in [6, 6.07) is 14.8. The number of methoxy groups -OCH3 is 2. The second-order valence-electron chi connectivity index (χ2n) is 3.89. The van der Waals surface area contributed by atoms with E-state index < -0.39 is 0 Å². The summed E-state index contributed by atoms with van der Waals surface area (Å²) in [7, 11) is 3.24. The average Bonchev–Trinajstić information content (AvgIpc) is 2.48. The molecular weight excluding hydrogens is 266 g/mol. The van der Waals surface area contributed by atoms with Crippen molar-refractivity contribution in [2.45, 2.75) is 0 Å². The third-order valence-corrected chi connectivity index (χ3v) is 3.89. The zero-order valence-corrected chi connectivity index (χ0v) is 11.8. The van der Waals surface area contributed by atoms with Crippen LogP contribution in [0.1, 0.15) is 10.4 Å². The van der Waals surface area contributed by atoms with E-state index in [-0.39, 0.29) is 33.0 Å². The molecule has 0 aliphatic carbocycles. The van der Waals surface area contributed by atoms with Gasteiger partial charge < -0.3 is 9.47 Å². The molecule has 0 heterocycles. The van der Waals surface area contributed by atoms with E-state index in [4.69, 9.17) is 9.47 Å². The van der Waals surface area contributed by atoms with Crippen molar-refractivity contribution in [2.24, 2.45) is 0 Å². The molecule has 0 N–H and O–H groups in total. The molecule has 0 saturated heterocycles. The molecule has 0 aliphatic heterocycles. The van der Waals surface area contributed by atoms with Crippen molar-refractivity contribution in [1.29, 1.82) is 0 Å². The third kappa shape index (κ3) is 4.12. The Labute approximate surface area is 132 Å². The van der Waals surface area contributed by atoms with Gasteiger partial charge in [-0.3, -0.25) is 4.79 Å². The van der Waals surface area contributed by atoms with Crippen LogP contribution in [0.4, 0.5) is 0 Å². The first-order valence-electron chi connectivity index (χ1n) is 5.83. The Bertz CT molecular complexity index is 573. The second-order valence-corrected chi connectivity index (χ2v) is 5.13. The maximum atomic E-state index is 12.2.